The van der Waals surface area contributed by atoms with Gasteiger partial charge in [-0.05, 0) is 30.3 Å². The average Bonchev–Trinajstić information content (AvgIpc) is 3.11. The van der Waals surface area contributed by atoms with Crippen LogP contribution in [0.4, 0.5) is 18.9 Å². The molecule has 0 aliphatic carbocycles. The SMILES string of the molecule is COc1cnc2c(ccn2S(=O)(=O)c2ccc(OC)c(NC(=O)C(F)(F)F)c2)c1. The van der Waals surface area contributed by atoms with Crippen molar-refractivity contribution in [2.45, 2.75) is 11.1 Å². The zero-order chi connectivity index (χ0) is 21.4. The molecule has 1 N–H and O–H groups in total. The predicted molar refractivity (Wildman–Crippen MR) is 96.5 cm³/mol. The number of ether oxygens (including phenoxy) is 2. The molecule has 0 bridgehead atoms. The van der Waals surface area contributed by atoms with Gasteiger partial charge in [-0.15, -0.1) is 0 Å². The van der Waals surface area contributed by atoms with E-state index in [0.29, 0.717) is 11.1 Å². The van der Waals surface area contributed by atoms with Gasteiger partial charge in [0, 0.05) is 11.6 Å². The summed E-state index contributed by atoms with van der Waals surface area (Å²) in [5, 5.41) is 2.10. The van der Waals surface area contributed by atoms with Crippen LogP contribution in [-0.2, 0) is 14.8 Å². The van der Waals surface area contributed by atoms with Gasteiger partial charge in [0.2, 0.25) is 0 Å². The third-order valence-corrected chi connectivity index (χ3v) is 5.60. The number of nitrogens with one attached hydrogen (secondary N) is 1. The summed E-state index contributed by atoms with van der Waals surface area (Å²) in [4.78, 5) is 14.9. The first kappa shape index (κ1) is 20.5. The number of anilines is 1. The third-order valence-electron chi connectivity index (χ3n) is 3.94. The Kier molecular flexibility index (Phi) is 5.13. The Balaban J connectivity index is 2.08. The first-order chi connectivity index (χ1) is 13.6. The Labute approximate surface area is 162 Å². The van der Waals surface area contributed by atoms with Crippen molar-refractivity contribution in [1.82, 2.24) is 8.96 Å². The van der Waals surface area contributed by atoms with Crippen LogP contribution < -0.4 is 14.8 Å². The Bertz CT molecular complexity index is 1190. The number of carbonyl (C=O) groups excluding carboxylic acids is 1. The number of methoxy groups -OCH3 is 2. The van der Waals surface area contributed by atoms with Gasteiger partial charge in [-0.25, -0.2) is 17.4 Å². The molecule has 2 heterocycles. The van der Waals surface area contributed by atoms with Gasteiger partial charge < -0.3 is 14.8 Å². The second kappa shape index (κ2) is 7.28. The van der Waals surface area contributed by atoms with E-state index < -0.39 is 27.8 Å². The molecule has 0 saturated carbocycles. The molecule has 0 atom stereocenters. The van der Waals surface area contributed by atoms with E-state index in [1.165, 1.54) is 32.7 Å². The summed E-state index contributed by atoms with van der Waals surface area (Å²) >= 11 is 0. The van der Waals surface area contributed by atoms with Crippen molar-refractivity contribution in [3.8, 4) is 11.5 Å². The van der Waals surface area contributed by atoms with Crippen molar-refractivity contribution in [1.29, 1.82) is 0 Å². The van der Waals surface area contributed by atoms with E-state index in [2.05, 4.69) is 4.98 Å². The molecule has 0 radical (unpaired) electrons. The van der Waals surface area contributed by atoms with Crippen LogP contribution in [0, 0.1) is 0 Å². The lowest BCUT2D eigenvalue weighted by Gasteiger charge is -2.14. The average molecular weight is 429 g/mol. The van der Waals surface area contributed by atoms with E-state index in [9.17, 15) is 26.4 Å². The maximum absolute atomic E-state index is 13.0. The zero-order valence-corrected chi connectivity index (χ0v) is 15.8. The van der Waals surface area contributed by atoms with Gasteiger partial charge in [0.1, 0.15) is 11.5 Å². The first-order valence-electron chi connectivity index (χ1n) is 7.91. The van der Waals surface area contributed by atoms with Crippen LogP contribution in [0.25, 0.3) is 11.0 Å². The fourth-order valence-electron chi connectivity index (χ4n) is 2.54. The number of aromatic nitrogens is 2. The van der Waals surface area contributed by atoms with Crippen LogP contribution in [0.3, 0.4) is 0 Å². The number of hydrogen-bond donors (Lipinski definition) is 1. The lowest BCUT2D eigenvalue weighted by Crippen LogP contribution is -2.30. The quantitative estimate of drug-likeness (QED) is 0.670. The largest absolute Gasteiger partial charge is 0.495 e. The molecule has 0 aliphatic rings. The summed E-state index contributed by atoms with van der Waals surface area (Å²) in [5.41, 5.74) is -0.343. The maximum atomic E-state index is 13.0. The molecular formula is C17H14F3N3O5S. The van der Waals surface area contributed by atoms with Crippen LogP contribution in [0.1, 0.15) is 0 Å². The molecular weight excluding hydrogens is 415 g/mol. The summed E-state index contributed by atoms with van der Waals surface area (Å²) in [6.07, 6.45) is -2.57. The lowest BCUT2D eigenvalue weighted by molar-refractivity contribution is -0.167. The monoisotopic (exact) mass is 429 g/mol. The summed E-state index contributed by atoms with van der Waals surface area (Å²) in [5.74, 6) is -1.97. The molecule has 0 spiro atoms. The van der Waals surface area contributed by atoms with Gasteiger partial charge in [-0.2, -0.15) is 13.2 Å². The van der Waals surface area contributed by atoms with Crippen molar-refractivity contribution in [3.05, 3.63) is 42.7 Å². The highest BCUT2D eigenvalue weighted by Gasteiger charge is 2.39. The van der Waals surface area contributed by atoms with E-state index in [-0.39, 0.29) is 16.3 Å². The summed E-state index contributed by atoms with van der Waals surface area (Å²) < 4.78 is 74.6. The minimum Gasteiger partial charge on any atom is -0.495 e. The Morgan fingerprint density at radius 3 is 2.48 bits per heavy atom. The first-order valence-corrected chi connectivity index (χ1v) is 9.35. The molecule has 3 aromatic rings. The Morgan fingerprint density at radius 1 is 1.14 bits per heavy atom. The van der Waals surface area contributed by atoms with E-state index in [4.69, 9.17) is 9.47 Å². The minimum absolute atomic E-state index is 0.0995. The number of rotatable bonds is 5. The van der Waals surface area contributed by atoms with Crippen LogP contribution in [-0.4, -0.2) is 43.7 Å². The van der Waals surface area contributed by atoms with Crippen molar-refractivity contribution in [2.75, 3.05) is 19.5 Å². The number of alkyl halides is 3. The second-order valence-electron chi connectivity index (χ2n) is 5.72. The number of amides is 1. The highest BCUT2D eigenvalue weighted by molar-refractivity contribution is 7.90. The highest BCUT2D eigenvalue weighted by Crippen LogP contribution is 2.31. The molecule has 154 valence electrons. The van der Waals surface area contributed by atoms with Crippen LogP contribution in [0.5, 0.6) is 11.5 Å². The lowest BCUT2D eigenvalue weighted by atomic mass is 10.3. The summed E-state index contributed by atoms with van der Waals surface area (Å²) in [7, 11) is -1.63. The molecule has 0 aliphatic heterocycles. The topological polar surface area (TPSA) is 99.5 Å². The number of hydrogen-bond acceptors (Lipinski definition) is 6. The number of fused-ring (bicyclic) bond motifs is 1. The zero-order valence-electron chi connectivity index (χ0n) is 15.0. The molecule has 8 nitrogen and oxygen atoms in total. The van der Waals surface area contributed by atoms with Crippen LogP contribution in [0.15, 0.2) is 47.6 Å². The molecule has 0 unspecified atom stereocenters. The predicted octanol–water partition coefficient (Wildman–Crippen LogP) is 2.79. The summed E-state index contributed by atoms with van der Waals surface area (Å²) in [6.45, 7) is 0. The molecule has 12 heteroatoms. The fraction of sp³-hybridized carbons (Fsp3) is 0.176. The Morgan fingerprint density at radius 2 is 1.86 bits per heavy atom. The number of benzene rings is 1. The highest BCUT2D eigenvalue weighted by atomic mass is 32.2. The van der Waals surface area contributed by atoms with Gasteiger partial charge in [0.05, 0.1) is 31.0 Å². The smallest absolute Gasteiger partial charge is 0.471 e. The minimum atomic E-state index is -5.15. The van der Waals surface area contributed by atoms with Gasteiger partial charge >= 0.3 is 12.1 Å². The molecule has 0 fully saturated rings. The van der Waals surface area contributed by atoms with E-state index >= 15 is 0 Å². The maximum Gasteiger partial charge on any atom is 0.471 e. The molecule has 3 rings (SSSR count). The van der Waals surface area contributed by atoms with Crippen molar-refractivity contribution >= 4 is 32.7 Å². The number of halogens is 3. The van der Waals surface area contributed by atoms with E-state index in [1.807, 2.05) is 0 Å². The van der Waals surface area contributed by atoms with E-state index in [1.54, 1.807) is 11.4 Å². The van der Waals surface area contributed by atoms with Crippen LogP contribution in [0.2, 0.25) is 0 Å². The normalized spacial score (nSPS) is 12.0. The molecule has 0 saturated heterocycles. The number of pyridine rings is 1. The fourth-order valence-corrected chi connectivity index (χ4v) is 3.87. The number of nitrogens with zero attached hydrogens (tertiary/aromatic N) is 2. The van der Waals surface area contributed by atoms with Crippen LogP contribution >= 0.6 is 0 Å². The summed E-state index contributed by atoms with van der Waals surface area (Å²) in [6, 6.07) is 6.25. The number of carbonyl (C=O) groups is 1. The molecule has 1 aromatic carbocycles. The third kappa shape index (κ3) is 3.83. The van der Waals surface area contributed by atoms with Crippen molar-refractivity contribution in [2.24, 2.45) is 0 Å². The van der Waals surface area contributed by atoms with E-state index in [0.717, 1.165) is 22.2 Å². The standard InChI is InChI=1S/C17H14F3N3O5S/c1-27-11-7-10-5-6-23(15(10)21-9-11)29(25,26)12-3-4-14(28-2)13(8-12)22-16(24)17(18,19)20/h3-9H,1-2H3,(H,22,24). The van der Waals surface area contributed by atoms with Gasteiger partial charge in [0.15, 0.2) is 5.65 Å². The van der Waals surface area contributed by atoms with Crippen molar-refractivity contribution < 1.29 is 35.9 Å². The Hall–Kier alpha value is -3.28. The van der Waals surface area contributed by atoms with Gasteiger partial charge in [-0.3, -0.25) is 4.79 Å². The second-order valence-corrected chi connectivity index (χ2v) is 7.53. The molecule has 2 aromatic heterocycles. The van der Waals surface area contributed by atoms with Gasteiger partial charge in [-0.1, -0.05) is 0 Å². The van der Waals surface area contributed by atoms with Gasteiger partial charge in [0.25, 0.3) is 10.0 Å². The van der Waals surface area contributed by atoms with Crippen molar-refractivity contribution in [3.63, 3.8) is 0 Å². The molecule has 29 heavy (non-hydrogen) atoms. The molecule has 1 amide bonds.